The second-order valence-corrected chi connectivity index (χ2v) is 6.16. The minimum atomic E-state index is -0.474. The summed E-state index contributed by atoms with van der Waals surface area (Å²) in [6.45, 7) is 2.33. The average Bonchev–Trinajstić information content (AvgIpc) is 2.51. The number of piperazine rings is 1. The number of hydrogen-bond donors (Lipinski definition) is 1. The molecule has 1 aromatic carbocycles. The molecule has 1 saturated heterocycles. The van der Waals surface area contributed by atoms with Crippen molar-refractivity contribution in [3.05, 3.63) is 35.9 Å². The van der Waals surface area contributed by atoms with E-state index in [0.29, 0.717) is 5.92 Å². The molecule has 0 radical (unpaired) electrons. The number of hydrogen-bond acceptors (Lipinski definition) is 2. The van der Waals surface area contributed by atoms with Gasteiger partial charge in [-0.25, -0.2) is 0 Å². The summed E-state index contributed by atoms with van der Waals surface area (Å²) in [5.74, 6) is 0.445. The first-order valence-electron chi connectivity index (χ1n) is 7.82. The number of nitrogens with one attached hydrogen (secondary N) is 1. The van der Waals surface area contributed by atoms with E-state index in [1.807, 2.05) is 35.2 Å². The maximum Gasteiger partial charge on any atom is 0.247 e. The summed E-state index contributed by atoms with van der Waals surface area (Å²) in [5, 5.41) is 2.73. The van der Waals surface area contributed by atoms with Gasteiger partial charge in [0.1, 0.15) is 6.04 Å². The summed E-state index contributed by atoms with van der Waals surface area (Å²) in [4.78, 5) is 26.7. The molecule has 1 aliphatic heterocycles. The molecule has 2 amide bonds. The number of carbonyl (C=O) groups is 2. The predicted octanol–water partition coefficient (Wildman–Crippen LogP) is 2.26. The van der Waals surface area contributed by atoms with E-state index in [2.05, 4.69) is 12.2 Å². The van der Waals surface area contributed by atoms with E-state index in [0.717, 1.165) is 24.8 Å². The van der Waals surface area contributed by atoms with Crippen molar-refractivity contribution >= 4 is 11.8 Å². The molecule has 0 aromatic heterocycles. The maximum atomic E-state index is 12.5. The summed E-state index contributed by atoms with van der Waals surface area (Å²) in [5.41, 5.74) is 0.904. The van der Waals surface area contributed by atoms with Crippen LogP contribution in [0, 0.1) is 5.92 Å². The van der Waals surface area contributed by atoms with Crippen molar-refractivity contribution in [2.24, 2.45) is 5.92 Å². The fourth-order valence-electron chi connectivity index (χ4n) is 3.65. The van der Waals surface area contributed by atoms with Gasteiger partial charge in [0, 0.05) is 6.04 Å². The SMILES string of the molecule is CC1CCCCC1N1C(=O)CNC(=O)C1c1ccccc1. The van der Waals surface area contributed by atoms with E-state index in [9.17, 15) is 9.59 Å². The van der Waals surface area contributed by atoms with E-state index >= 15 is 0 Å². The number of carbonyl (C=O) groups excluding carboxylic acids is 2. The molecular formula is C17H22N2O2. The highest BCUT2D eigenvalue weighted by atomic mass is 16.2. The van der Waals surface area contributed by atoms with Gasteiger partial charge in [-0.3, -0.25) is 9.59 Å². The first-order valence-corrected chi connectivity index (χ1v) is 7.82. The van der Waals surface area contributed by atoms with E-state index in [-0.39, 0.29) is 24.4 Å². The topological polar surface area (TPSA) is 49.4 Å². The molecule has 1 saturated carbocycles. The van der Waals surface area contributed by atoms with Crippen LogP contribution in [-0.4, -0.2) is 29.3 Å². The first-order chi connectivity index (χ1) is 10.2. The molecule has 1 heterocycles. The Labute approximate surface area is 125 Å². The first kappa shape index (κ1) is 14.1. The van der Waals surface area contributed by atoms with Crippen molar-refractivity contribution < 1.29 is 9.59 Å². The van der Waals surface area contributed by atoms with Crippen LogP contribution < -0.4 is 5.32 Å². The third-order valence-electron chi connectivity index (χ3n) is 4.77. The molecule has 3 rings (SSSR count). The average molecular weight is 286 g/mol. The van der Waals surface area contributed by atoms with Gasteiger partial charge in [0.25, 0.3) is 0 Å². The molecule has 112 valence electrons. The standard InChI is InChI=1S/C17H22N2O2/c1-12-7-5-6-10-14(12)19-15(20)11-18-17(21)16(19)13-8-3-2-4-9-13/h2-4,8-9,12,14,16H,5-7,10-11H2,1H3,(H,18,21). The second-order valence-electron chi connectivity index (χ2n) is 6.16. The molecule has 0 bridgehead atoms. The Morgan fingerprint density at radius 1 is 1.10 bits per heavy atom. The number of rotatable bonds is 2. The zero-order chi connectivity index (χ0) is 14.8. The normalized spacial score (nSPS) is 30.1. The molecular weight excluding hydrogens is 264 g/mol. The minimum Gasteiger partial charge on any atom is -0.345 e. The largest absolute Gasteiger partial charge is 0.345 e. The van der Waals surface area contributed by atoms with Crippen LogP contribution in [-0.2, 0) is 9.59 Å². The molecule has 4 nitrogen and oxygen atoms in total. The van der Waals surface area contributed by atoms with Crippen LogP contribution in [0.4, 0.5) is 0 Å². The molecule has 3 unspecified atom stereocenters. The van der Waals surface area contributed by atoms with Crippen molar-refractivity contribution in [2.45, 2.75) is 44.7 Å². The van der Waals surface area contributed by atoms with Gasteiger partial charge in [0.2, 0.25) is 11.8 Å². The lowest BCUT2D eigenvalue weighted by molar-refractivity contribution is -0.150. The molecule has 1 N–H and O–H groups in total. The highest BCUT2D eigenvalue weighted by Gasteiger charge is 2.41. The van der Waals surface area contributed by atoms with Gasteiger partial charge in [-0.2, -0.15) is 0 Å². The lowest BCUT2D eigenvalue weighted by Crippen LogP contribution is -2.58. The third-order valence-corrected chi connectivity index (χ3v) is 4.77. The van der Waals surface area contributed by atoms with Crippen LogP contribution in [0.3, 0.4) is 0 Å². The summed E-state index contributed by atoms with van der Waals surface area (Å²) < 4.78 is 0. The minimum absolute atomic E-state index is 0.0437. The molecule has 1 aromatic rings. The number of benzene rings is 1. The van der Waals surface area contributed by atoms with Crippen LogP contribution in [0.25, 0.3) is 0 Å². The van der Waals surface area contributed by atoms with Crippen LogP contribution in [0.2, 0.25) is 0 Å². The van der Waals surface area contributed by atoms with Crippen molar-refractivity contribution in [2.75, 3.05) is 6.54 Å². The van der Waals surface area contributed by atoms with Gasteiger partial charge in [-0.1, -0.05) is 50.1 Å². The van der Waals surface area contributed by atoms with Gasteiger partial charge in [0.05, 0.1) is 6.54 Å². The maximum absolute atomic E-state index is 12.5. The fourth-order valence-corrected chi connectivity index (χ4v) is 3.65. The van der Waals surface area contributed by atoms with Crippen LogP contribution in [0.5, 0.6) is 0 Å². The molecule has 2 aliphatic rings. The third kappa shape index (κ3) is 2.67. The Hall–Kier alpha value is -1.84. The zero-order valence-corrected chi connectivity index (χ0v) is 12.4. The molecule has 21 heavy (non-hydrogen) atoms. The smallest absolute Gasteiger partial charge is 0.247 e. The fraction of sp³-hybridized carbons (Fsp3) is 0.529. The number of amides is 2. The van der Waals surface area contributed by atoms with Crippen molar-refractivity contribution in [1.29, 1.82) is 0 Å². The van der Waals surface area contributed by atoms with Gasteiger partial charge in [-0.15, -0.1) is 0 Å². The second kappa shape index (κ2) is 5.88. The molecule has 3 atom stereocenters. The molecule has 4 heteroatoms. The summed E-state index contributed by atoms with van der Waals surface area (Å²) in [7, 11) is 0. The van der Waals surface area contributed by atoms with Crippen molar-refractivity contribution in [1.82, 2.24) is 10.2 Å². The van der Waals surface area contributed by atoms with Crippen molar-refractivity contribution in [3.8, 4) is 0 Å². The van der Waals surface area contributed by atoms with Gasteiger partial charge in [0.15, 0.2) is 0 Å². The Bertz CT molecular complexity index is 529. The monoisotopic (exact) mass is 286 g/mol. The van der Waals surface area contributed by atoms with E-state index in [4.69, 9.17) is 0 Å². The zero-order valence-electron chi connectivity index (χ0n) is 12.4. The summed E-state index contributed by atoms with van der Waals surface area (Å²) in [6, 6.07) is 9.35. The summed E-state index contributed by atoms with van der Waals surface area (Å²) >= 11 is 0. The van der Waals surface area contributed by atoms with E-state index in [1.54, 1.807) is 0 Å². The van der Waals surface area contributed by atoms with Gasteiger partial charge >= 0.3 is 0 Å². The summed E-state index contributed by atoms with van der Waals surface area (Å²) in [6.07, 6.45) is 4.50. The Kier molecular flexibility index (Phi) is 3.95. The van der Waals surface area contributed by atoms with Crippen LogP contribution >= 0.6 is 0 Å². The van der Waals surface area contributed by atoms with Crippen molar-refractivity contribution in [3.63, 3.8) is 0 Å². The van der Waals surface area contributed by atoms with Crippen LogP contribution in [0.1, 0.15) is 44.2 Å². The number of nitrogens with zero attached hydrogens (tertiary/aromatic N) is 1. The van der Waals surface area contributed by atoms with E-state index in [1.165, 1.54) is 6.42 Å². The molecule has 2 fully saturated rings. The van der Waals surface area contributed by atoms with Gasteiger partial charge < -0.3 is 10.2 Å². The molecule has 1 aliphatic carbocycles. The van der Waals surface area contributed by atoms with Crippen LogP contribution in [0.15, 0.2) is 30.3 Å². The van der Waals surface area contributed by atoms with Gasteiger partial charge in [-0.05, 0) is 24.3 Å². The lowest BCUT2D eigenvalue weighted by atomic mass is 9.83. The molecule has 0 spiro atoms. The Morgan fingerprint density at radius 2 is 1.81 bits per heavy atom. The quantitative estimate of drug-likeness (QED) is 0.906. The predicted molar refractivity (Wildman–Crippen MR) is 80.5 cm³/mol. The lowest BCUT2D eigenvalue weighted by Gasteiger charge is -2.44. The highest BCUT2D eigenvalue weighted by Crippen LogP contribution is 2.35. The Morgan fingerprint density at radius 3 is 2.52 bits per heavy atom. The Balaban J connectivity index is 1.96. The highest BCUT2D eigenvalue weighted by molar-refractivity contribution is 5.95. The van der Waals surface area contributed by atoms with E-state index < -0.39 is 6.04 Å².